The molecule has 1 radical (unpaired) electrons. The van der Waals surface area contributed by atoms with E-state index in [1.807, 2.05) is 75.4 Å². The molecule has 0 saturated carbocycles. The van der Waals surface area contributed by atoms with Crippen LogP contribution >= 0.6 is 7.80 Å². The summed E-state index contributed by atoms with van der Waals surface area (Å²) in [7, 11) is -1.62. The lowest BCUT2D eigenvalue weighted by molar-refractivity contribution is 0.132. The van der Waals surface area contributed by atoms with Gasteiger partial charge in [-0.3, -0.25) is 4.57 Å². The van der Waals surface area contributed by atoms with Crippen molar-refractivity contribution < 1.29 is 9.30 Å². The number of para-hydroxylation sites is 1. The molecule has 2 aromatic carbocycles. The molecule has 3 heteroatoms. The molecule has 1 unspecified atom stereocenters. The molecule has 0 aliphatic carbocycles. The van der Waals surface area contributed by atoms with Gasteiger partial charge in [0, 0.05) is 5.30 Å². The van der Waals surface area contributed by atoms with Gasteiger partial charge in [-0.25, -0.2) is 0 Å². The molecule has 2 aromatic rings. The van der Waals surface area contributed by atoms with Gasteiger partial charge in [-0.05, 0) is 45.0 Å². The monoisotopic (exact) mass is 273 g/mol. The standard InChI is InChI=1S/C16H18O2P/c1-16(2,3)18-14-11-7-8-12-15(14)19(17)13-9-5-4-6-10-13/h4-12H,1-3H3. The van der Waals surface area contributed by atoms with Crippen LogP contribution in [0.25, 0.3) is 0 Å². The van der Waals surface area contributed by atoms with Gasteiger partial charge in [0.25, 0.3) is 0 Å². The minimum atomic E-state index is -1.62. The van der Waals surface area contributed by atoms with Crippen molar-refractivity contribution in [1.82, 2.24) is 0 Å². The highest BCUT2D eigenvalue weighted by atomic mass is 31.1. The summed E-state index contributed by atoms with van der Waals surface area (Å²) < 4.78 is 18.5. The van der Waals surface area contributed by atoms with Gasteiger partial charge in [0.1, 0.15) is 19.2 Å². The Balaban J connectivity index is 2.38. The SMILES string of the molecule is CC(C)(C)Oc1ccccc1[P](=O)c1ccccc1. The number of hydrogen-bond acceptors (Lipinski definition) is 2. The largest absolute Gasteiger partial charge is 0.487 e. The lowest BCUT2D eigenvalue weighted by Crippen LogP contribution is -2.26. The maximum Gasteiger partial charge on any atom is 0.140 e. The molecule has 0 aliphatic rings. The first-order chi connectivity index (χ1) is 8.97. The van der Waals surface area contributed by atoms with Crippen LogP contribution in [-0.2, 0) is 4.57 Å². The molecule has 0 fully saturated rings. The van der Waals surface area contributed by atoms with E-state index in [2.05, 4.69) is 0 Å². The first-order valence-electron chi connectivity index (χ1n) is 6.28. The van der Waals surface area contributed by atoms with Crippen molar-refractivity contribution in [3.05, 3.63) is 54.6 Å². The molecule has 0 spiro atoms. The molecule has 19 heavy (non-hydrogen) atoms. The van der Waals surface area contributed by atoms with E-state index < -0.39 is 7.80 Å². The summed E-state index contributed by atoms with van der Waals surface area (Å²) in [6.07, 6.45) is 0. The molecule has 1 atom stereocenters. The topological polar surface area (TPSA) is 26.3 Å². The average molecular weight is 273 g/mol. The van der Waals surface area contributed by atoms with Crippen LogP contribution in [0.4, 0.5) is 0 Å². The quantitative estimate of drug-likeness (QED) is 0.798. The Hall–Kier alpha value is -1.66. The van der Waals surface area contributed by atoms with Crippen molar-refractivity contribution in [2.75, 3.05) is 0 Å². The van der Waals surface area contributed by atoms with Crippen molar-refractivity contribution in [2.24, 2.45) is 0 Å². The third kappa shape index (κ3) is 3.65. The van der Waals surface area contributed by atoms with E-state index in [1.54, 1.807) is 0 Å². The summed E-state index contributed by atoms with van der Waals surface area (Å²) in [5, 5.41) is 1.57. The first-order valence-corrected chi connectivity index (χ1v) is 7.54. The van der Waals surface area contributed by atoms with E-state index in [0.717, 1.165) is 10.6 Å². The van der Waals surface area contributed by atoms with Crippen molar-refractivity contribution >= 4 is 18.4 Å². The van der Waals surface area contributed by atoms with Gasteiger partial charge in [0.2, 0.25) is 0 Å². The van der Waals surface area contributed by atoms with Crippen LogP contribution in [0.3, 0.4) is 0 Å². The molecule has 0 amide bonds. The van der Waals surface area contributed by atoms with E-state index >= 15 is 0 Å². The summed E-state index contributed by atoms with van der Waals surface area (Å²) in [5.74, 6) is 0.694. The lowest BCUT2D eigenvalue weighted by atomic mass is 10.2. The minimum Gasteiger partial charge on any atom is -0.487 e. The Bertz CT molecular complexity index is 571. The molecule has 0 bridgehead atoms. The van der Waals surface area contributed by atoms with Gasteiger partial charge in [-0.15, -0.1) is 0 Å². The smallest absolute Gasteiger partial charge is 0.140 e. The summed E-state index contributed by atoms with van der Waals surface area (Å²) in [5.41, 5.74) is -0.303. The van der Waals surface area contributed by atoms with Gasteiger partial charge in [-0.2, -0.15) is 0 Å². The van der Waals surface area contributed by atoms with Crippen LogP contribution in [0.15, 0.2) is 54.6 Å². The number of ether oxygens (including phenoxy) is 1. The zero-order valence-corrected chi connectivity index (χ0v) is 12.4. The van der Waals surface area contributed by atoms with Crippen LogP contribution in [0.5, 0.6) is 5.75 Å². The van der Waals surface area contributed by atoms with Crippen LogP contribution < -0.4 is 15.3 Å². The number of hydrogen-bond donors (Lipinski definition) is 0. The fraction of sp³-hybridized carbons (Fsp3) is 0.250. The molecule has 0 heterocycles. The predicted octanol–water partition coefficient (Wildman–Crippen LogP) is 3.64. The van der Waals surface area contributed by atoms with Crippen LogP contribution in [0.1, 0.15) is 20.8 Å². The van der Waals surface area contributed by atoms with Gasteiger partial charge in [0.05, 0.1) is 5.30 Å². The summed E-state index contributed by atoms with van der Waals surface area (Å²) in [6.45, 7) is 5.96. The highest BCUT2D eigenvalue weighted by molar-refractivity contribution is 7.61. The van der Waals surface area contributed by atoms with Gasteiger partial charge in [0.15, 0.2) is 0 Å². The molecular formula is C16H18O2P. The second kappa shape index (κ2) is 5.54. The Morgan fingerprint density at radius 1 is 0.895 bits per heavy atom. The van der Waals surface area contributed by atoms with Gasteiger partial charge < -0.3 is 4.74 Å². The van der Waals surface area contributed by atoms with Gasteiger partial charge in [-0.1, -0.05) is 30.3 Å². The Morgan fingerprint density at radius 3 is 2.11 bits per heavy atom. The molecule has 2 nitrogen and oxygen atoms in total. The third-order valence-electron chi connectivity index (χ3n) is 2.49. The zero-order chi connectivity index (χ0) is 13.9. The van der Waals surface area contributed by atoms with Crippen molar-refractivity contribution in [3.63, 3.8) is 0 Å². The molecular weight excluding hydrogens is 255 g/mol. The van der Waals surface area contributed by atoms with Crippen molar-refractivity contribution in [1.29, 1.82) is 0 Å². The highest BCUT2D eigenvalue weighted by Gasteiger charge is 2.18. The van der Waals surface area contributed by atoms with E-state index in [9.17, 15) is 4.57 Å². The number of rotatable bonds is 3. The zero-order valence-electron chi connectivity index (χ0n) is 11.5. The minimum absolute atomic E-state index is 0.303. The summed E-state index contributed by atoms with van der Waals surface area (Å²) in [6, 6.07) is 17.0. The molecule has 2 rings (SSSR count). The van der Waals surface area contributed by atoms with Crippen molar-refractivity contribution in [3.8, 4) is 5.75 Å². The Morgan fingerprint density at radius 2 is 1.47 bits per heavy atom. The van der Waals surface area contributed by atoms with Crippen molar-refractivity contribution in [2.45, 2.75) is 26.4 Å². The number of benzene rings is 2. The maximum atomic E-state index is 12.6. The molecule has 99 valence electrons. The van der Waals surface area contributed by atoms with E-state index in [-0.39, 0.29) is 5.60 Å². The van der Waals surface area contributed by atoms with E-state index in [4.69, 9.17) is 4.74 Å². The van der Waals surface area contributed by atoms with Crippen LogP contribution in [-0.4, -0.2) is 5.60 Å². The lowest BCUT2D eigenvalue weighted by Gasteiger charge is -2.22. The second-order valence-electron chi connectivity index (χ2n) is 5.31. The predicted molar refractivity (Wildman–Crippen MR) is 80.1 cm³/mol. The third-order valence-corrected chi connectivity index (χ3v) is 4.07. The van der Waals surface area contributed by atoms with Crippen LogP contribution in [0, 0.1) is 0 Å². The Labute approximate surface area is 115 Å². The van der Waals surface area contributed by atoms with E-state index in [0.29, 0.717) is 5.75 Å². The molecule has 0 N–H and O–H groups in total. The molecule has 0 saturated heterocycles. The normalized spacial score (nSPS) is 12.1. The first kappa shape index (κ1) is 13.8. The summed E-state index contributed by atoms with van der Waals surface area (Å²) >= 11 is 0. The van der Waals surface area contributed by atoms with Gasteiger partial charge >= 0.3 is 0 Å². The highest BCUT2D eigenvalue weighted by Crippen LogP contribution is 2.27. The summed E-state index contributed by atoms with van der Waals surface area (Å²) in [4.78, 5) is 0. The average Bonchev–Trinajstić information content (AvgIpc) is 2.38. The van der Waals surface area contributed by atoms with E-state index in [1.165, 1.54) is 0 Å². The fourth-order valence-electron chi connectivity index (χ4n) is 1.74. The maximum absolute atomic E-state index is 12.6. The fourth-order valence-corrected chi connectivity index (χ4v) is 3.01. The van der Waals surface area contributed by atoms with Crippen LogP contribution in [0.2, 0.25) is 0 Å². The Kier molecular flexibility index (Phi) is 4.01. The molecule has 0 aliphatic heterocycles. The second-order valence-corrected chi connectivity index (χ2v) is 6.90. The molecule has 0 aromatic heterocycles.